The maximum atomic E-state index is 5.89. The first-order valence-corrected chi connectivity index (χ1v) is 7.83. The molecule has 1 aromatic heterocycles. The van der Waals surface area contributed by atoms with Crippen molar-refractivity contribution in [2.75, 3.05) is 5.73 Å². The average molecular weight is 282 g/mol. The van der Waals surface area contributed by atoms with E-state index in [1.54, 1.807) is 0 Å². The molecule has 0 unspecified atom stereocenters. The van der Waals surface area contributed by atoms with E-state index < -0.39 is 0 Å². The molecule has 0 spiro atoms. The molecule has 21 heavy (non-hydrogen) atoms. The van der Waals surface area contributed by atoms with E-state index in [2.05, 4.69) is 21.9 Å². The molecule has 0 saturated heterocycles. The topological polar surface area (TPSA) is 64.7 Å². The zero-order valence-electron chi connectivity index (χ0n) is 12.5. The Bertz CT molecular complexity index is 589. The molecule has 0 atom stereocenters. The van der Waals surface area contributed by atoms with Gasteiger partial charge in [0.1, 0.15) is 5.82 Å². The predicted molar refractivity (Wildman–Crippen MR) is 84.7 cm³/mol. The van der Waals surface area contributed by atoms with Crippen LogP contribution in [0.1, 0.15) is 50.8 Å². The molecule has 1 aromatic carbocycles. The Morgan fingerprint density at radius 2 is 1.71 bits per heavy atom. The van der Waals surface area contributed by atoms with Crippen LogP contribution in [0.4, 0.5) is 5.95 Å². The third-order valence-corrected chi connectivity index (χ3v) is 4.49. The summed E-state index contributed by atoms with van der Waals surface area (Å²) in [4.78, 5) is 13.4. The first-order valence-electron chi connectivity index (χ1n) is 7.83. The number of rotatable bonds is 3. The van der Waals surface area contributed by atoms with Crippen molar-refractivity contribution in [3.63, 3.8) is 0 Å². The number of aromatic nitrogens is 3. The number of nitrogen functional groups attached to an aromatic ring is 1. The number of hydrogen-bond acceptors (Lipinski definition) is 4. The lowest BCUT2D eigenvalue weighted by atomic mass is 9.80. The van der Waals surface area contributed by atoms with E-state index in [1.807, 2.05) is 30.3 Å². The van der Waals surface area contributed by atoms with E-state index in [9.17, 15) is 0 Å². The molecule has 1 saturated carbocycles. The highest BCUT2D eigenvalue weighted by atomic mass is 15.1. The fourth-order valence-corrected chi connectivity index (χ4v) is 3.14. The van der Waals surface area contributed by atoms with Gasteiger partial charge < -0.3 is 5.73 Å². The Balaban J connectivity index is 1.85. The molecule has 2 N–H and O–H groups in total. The van der Waals surface area contributed by atoms with Gasteiger partial charge in [0.2, 0.25) is 5.95 Å². The minimum atomic E-state index is 0.330. The minimum Gasteiger partial charge on any atom is -0.368 e. The second-order valence-corrected chi connectivity index (χ2v) is 5.87. The summed E-state index contributed by atoms with van der Waals surface area (Å²) >= 11 is 0. The molecule has 110 valence electrons. The van der Waals surface area contributed by atoms with Gasteiger partial charge in [0.15, 0.2) is 5.82 Å². The first kappa shape index (κ1) is 14.0. The zero-order valence-corrected chi connectivity index (χ0v) is 12.5. The molecule has 0 amide bonds. The van der Waals surface area contributed by atoms with Gasteiger partial charge in [-0.2, -0.15) is 9.97 Å². The zero-order chi connectivity index (χ0) is 14.7. The van der Waals surface area contributed by atoms with Crippen LogP contribution in [0.25, 0.3) is 11.4 Å². The number of nitrogens with two attached hydrogens (primary N) is 1. The van der Waals surface area contributed by atoms with Gasteiger partial charge in [0.05, 0.1) is 0 Å². The van der Waals surface area contributed by atoms with Crippen LogP contribution in [0, 0.1) is 5.92 Å². The molecule has 1 fully saturated rings. The van der Waals surface area contributed by atoms with Gasteiger partial charge in [0, 0.05) is 11.5 Å². The first-order chi connectivity index (χ1) is 10.3. The summed E-state index contributed by atoms with van der Waals surface area (Å²) in [6, 6.07) is 9.98. The van der Waals surface area contributed by atoms with Crippen LogP contribution in [0.3, 0.4) is 0 Å². The van der Waals surface area contributed by atoms with Gasteiger partial charge in [0.25, 0.3) is 0 Å². The molecular weight excluding hydrogens is 260 g/mol. The smallest absolute Gasteiger partial charge is 0.223 e. The Morgan fingerprint density at radius 3 is 2.38 bits per heavy atom. The van der Waals surface area contributed by atoms with Gasteiger partial charge in [-0.15, -0.1) is 0 Å². The average Bonchev–Trinajstić information content (AvgIpc) is 2.55. The summed E-state index contributed by atoms with van der Waals surface area (Å²) in [6.07, 6.45) is 6.15. The van der Waals surface area contributed by atoms with Crippen molar-refractivity contribution in [2.45, 2.75) is 44.9 Å². The largest absolute Gasteiger partial charge is 0.368 e. The lowest BCUT2D eigenvalue weighted by Gasteiger charge is -2.26. The van der Waals surface area contributed by atoms with Crippen LogP contribution >= 0.6 is 0 Å². The molecule has 4 nitrogen and oxygen atoms in total. The standard InChI is InChI=1S/C17H22N4/c1-2-12-8-10-14(11-9-12)16-19-15(20-17(18)21-16)13-6-4-3-5-7-13/h3-7,12,14H,2,8-11H2,1H3,(H2,18,19,20,21). The summed E-state index contributed by atoms with van der Waals surface area (Å²) in [5.41, 5.74) is 6.89. The molecular formula is C17H22N4. The summed E-state index contributed by atoms with van der Waals surface area (Å²) < 4.78 is 0. The predicted octanol–water partition coefficient (Wildman–Crippen LogP) is 3.80. The summed E-state index contributed by atoms with van der Waals surface area (Å²) in [6.45, 7) is 2.28. The summed E-state index contributed by atoms with van der Waals surface area (Å²) in [5.74, 6) is 3.19. The van der Waals surface area contributed by atoms with Crippen LogP contribution in [0.2, 0.25) is 0 Å². The highest BCUT2D eigenvalue weighted by Crippen LogP contribution is 2.36. The molecule has 0 aliphatic heterocycles. The van der Waals surface area contributed by atoms with Crippen molar-refractivity contribution in [1.82, 2.24) is 15.0 Å². The van der Waals surface area contributed by atoms with Crippen LogP contribution in [0.5, 0.6) is 0 Å². The molecule has 1 heterocycles. The van der Waals surface area contributed by atoms with E-state index >= 15 is 0 Å². The van der Waals surface area contributed by atoms with E-state index in [0.29, 0.717) is 17.7 Å². The van der Waals surface area contributed by atoms with Crippen molar-refractivity contribution in [1.29, 1.82) is 0 Å². The third kappa shape index (κ3) is 3.20. The van der Waals surface area contributed by atoms with Crippen LogP contribution in [-0.2, 0) is 0 Å². The van der Waals surface area contributed by atoms with E-state index in [1.165, 1.54) is 19.3 Å². The van der Waals surface area contributed by atoms with Gasteiger partial charge >= 0.3 is 0 Å². The molecule has 3 rings (SSSR count). The highest BCUT2D eigenvalue weighted by molar-refractivity contribution is 5.55. The Labute approximate surface area is 125 Å². The monoisotopic (exact) mass is 282 g/mol. The van der Waals surface area contributed by atoms with Crippen molar-refractivity contribution in [2.24, 2.45) is 5.92 Å². The quantitative estimate of drug-likeness (QED) is 0.929. The lowest BCUT2D eigenvalue weighted by Crippen LogP contribution is -2.16. The second-order valence-electron chi connectivity index (χ2n) is 5.87. The van der Waals surface area contributed by atoms with Crippen molar-refractivity contribution in [3.8, 4) is 11.4 Å². The molecule has 1 aliphatic carbocycles. The third-order valence-electron chi connectivity index (χ3n) is 4.49. The Morgan fingerprint density at radius 1 is 1.00 bits per heavy atom. The van der Waals surface area contributed by atoms with Crippen molar-refractivity contribution >= 4 is 5.95 Å². The highest BCUT2D eigenvalue weighted by Gasteiger charge is 2.24. The van der Waals surface area contributed by atoms with Crippen LogP contribution in [-0.4, -0.2) is 15.0 Å². The maximum Gasteiger partial charge on any atom is 0.223 e. The number of anilines is 1. The second kappa shape index (κ2) is 6.20. The Hall–Kier alpha value is -1.97. The summed E-state index contributed by atoms with van der Waals surface area (Å²) in [5, 5.41) is 0. The van der Waals surface area contributed by atoms with Gasteiger partial charge in [-0.3, -0.25) is 0 Å². The summed E-state index contributed by atoms with van der Waals surface area (Å²) in [7, 11) is 0. The fraction of sp³-hybridized carbons (Fsp3) is 0.471. The molecule has 0 bridgehead atoms. The van der Waals surface area contributed by atoms with Crippen molar-refractivity contribution in [3.05, 3.63) is 36.2 Å². The van der Waals surface area contributed by atoms with Crippen LogP contribution in [0.15, 0.2) is 30.3 Å². The van der Waals surface area contributed by atoms with E-state index in [-0.39, 0.29) is 0 Å². The number of nitrogens with zero attached hydrogens (tertiary/aromatic N) is 3. The van der Waals surface area contributed by atoms with Crippen LogP contribution < -0.4 is 5.73 Å². The maximum absolute atomic E-state index is 5.89. The molecule has 0 radical (unpaired) electrons. The van der Waals surface area contributed by atoms with Gasteiger partial charge in [-0.25, -0.2) is 4.98 Å². The van der Waals surface area contributed by atoms with Gasteiger partial charge in [-0.1, -0.05) is 43.7 Å². The SMILES string of the molecule is CCC1CCC(c2nc(N)nc(-c3ccccc3)n2)CC1. The fourth-order valence-electron chi connectivity index (χ4n) is 3.14. The lowest BCUT2D eigenvalue weighted by molar-refractivity contribution is 0.312. The van der Waals surface area contributed by atoms with Gasteiger partial charge in [-0.05, 0) is 31.6 Å². The normalized spacial score (nSPS) is 22.1. The molecule has 4 heteroatoms. The molecule has 2 aromatic rings. The minimum absolute atomic E-state index is 0.330. The van der Waals surface area contributed by atoms with Crippen molar-refractivity contribution < 1.29 is 0 Å². The number of hydrogen-bond donors (Lipinski definition) is 1. The van der Waals surface area contributed by atoms with E-state index in [4.69, 9.17) is 5.73 Å². The van der Waals surface area contributed by atoms with E-state index in [0.717, 1.165) is 30.1 Å². The molecule has 1 aliphatic rings. The number of benzene rings is 1. The Kier molecular flexibility index (Phi) is 4.13.